The molecule has 1 unspecified atom stereocenters. The Bertz CT molecular complexity index is 794. The second kappa shape index (κ2) is 9.67. The van der Waals surface area contributed by atoms with Crippen LogP contribution in [0.1, 0.15) is 60.9 Å². The van der Waals surface area contributed by atoms with Gasteiger partial charge < -0.3 is 0 Å². The van der Waals surface area contributed by atoms with Gasteiger partial charge in [-0.15, -0.1) is 0 Å². The zero-order valence-electron chi connectivity index (χ0n) is 17.1. The maximum absolute atomic E-state index is 12.9. The van der Waals surface area contributed by atoms with Crippen molar-refractivity contribution in [2.24, 2.45) is 5.92 Å². The molecule has 0 radical (unpaired) electrons. The SMILES string of the molecule is O=CN(O)C(CC(=O)N1CCCN1C(=O)c1ccc(C(F)(F)F)cc1)CC1CCCC1. The first-order valence-corrected chi connectivity index (χ1v) is 10.4. The van der Waals surface area contributed by atoms with Crippen molar-refractivity contribution in [1.29, 1.82) is 0 Å². The predicted octanol–water partition coefficient (Wildman–Crippen LogP) is 3.48. The van der Waals surface area contributed by atoms with E-state index in [1.807, 2.05) is 0 Å². The number of carbonyl (C=O) groups excluding carboxylic acids is 3. The second-order valence-electron chi connectivity index (χ2n) is 8.10. The molecule has 170 valence electrons. The second-order valence-corrected chi connectivity index (χ2v) is 8.10. The summed E-state index contributed by atoms with van der Waals surface area (Å²) < 4.78 is 38.3. The van der Waals surface area contributed by atoms with Gasteiger partial charge in [-0.05, 0) is 43.0 Å². The molecular formula is C21H26F3N3O4. The minimum Gasteiger partial charge on any atom is -0.286 e. The molecule has 1 aromatic carbocycles. The van der Waals surface area contributed by atoms with Crippen molar-refractivity contribution in [2.75, 3.05) is 13.1 Å². The van der Waals surface area contributed by atoms with Crippen molar-refractivity contribution >= 4 is 18.2 Å². The Morgan fingerprint density at radius 3 is 2.29 bits per heavy atom. The molecule has 1 atom stereocenters. The normalized spacial score (nSPS) is 18.3. The number of amides is 3. The average molecular weight is 441 g/mol. The zero-order valence-corrected chi connectivity index (χ0v) is 17.1. The van der Waals surface area contributed by atoms with Crippen LogP contribution in [0.15, 0.2) is 24.3 Å². The van der Waals surface area contributed by atoms with Gasteiger partial charge in [0.2, 0.25) is 12.3 Å². The molecule has 0 aromatic heterocycles. The van der Waals surface area contributed by atoms with Crippen LogP contribution in [0, 0.1) is 5.92 Å². The number of nitrogens with zero attached hydrogens (tertiary/aromatic N) is 3. The first-order chi connectivity index (χ1) is 14.7. The van der Waals surface area contributed by atoms with Crippen molar-refractivity contribution in [3.63, 3.8) is 0 Å². The summed E-state index contributed by atoms with van der Waals surface area (Å²) in [5.74, 6) is -0.652. The van der Waals surface area contributed by atoms with Crippen LogP contribution in [-0.2, 0) is 15.8 Å². The van der Waals surface area contributed by atoms with E-state index in [0.717, 1.165) is 49.9 Å². The Hall–Kier alpha value is -2.62. The number of halogens is 3. The van der Waals surface area contributed by atoms with Crippen molar-refractivity contribution in [2.45, 2.75) is 57.2 Å². The molecule has 1 aliphatic heterocycles. The molecule has 1 aromatic rings. The highest BCUT2D eigenvalue weighted by Crippen LogP contribution is 2.31. The fourth-order valence-corrected chi connectivity index (χ4v) is 4.34. The largest absolute Gasteiger partial charge is 0.416 e. The number of alkyl halides is 3. The Morgan fingerprint density at radius 1 is 1.10 bits per heavy atom. The Kier molecular flexibility index (Phi) is 7.19. The fourth-order valence-electron chi connectivity index (χ4n) is 4.34. The topological polar surface area (TPSA) is 81.2 Å². The van der Waals surface area contributed by atoms with E-state index < -0.39 is 29.6 Å². The van der Waals surface area contributed by atoms with Gasteiger partial charge in [0, 0.05) is 18.7 Å². The van der Waals surface area contributed by atoms with Crippen LogP contribution in [0.5, 0.6) is 0 Å². The zero-order chi connectivity index (χ0) is 22.6. The van der Waals surface area contributed by atoms with E-state index in [1.165, 1.54) is 10.0 Å². The molecule has 31 heavy (non-hydrogen) atoms. The van der Waals surface area contributed by atoms with Gasteiger partial charge in [0.1, 0.15) is 0 Å². The van der Waals surface area contributed by atoms with E-state index in [0.29, 0.717) is 23.8 Å². The summed E-state index contributed by atoms with van der Waals surface area (Å²) in [4.78, 5) is 36.8. The molecule has 7 nitrogen and oxygen atoms in total. The minimum atomic E-state index is -4.50. The van der Waals surface area contributed by atoms with Gasteiger partial charge in [0.15, 0.2) is 0 Å². The van der Waals surface area contributed by atoms with Crippen molar-refractivity contribution in [1.82, 2.24) is 15.1 Å². The van der Waals surface area contributed by atoms with Gasteiger partial charge in [-0.25, -0.2) is 10.1 Å². The molecule has 2 fully saturated rings. The maximum Gasteiger partial charge on any atom is 0.416 e. The van der Waals surface area contributed by atoms with Gasteiger partial charge in [-0.2, -0.15) is 13.2 Å². The highest BCUT2D eigenvalue weighted by molar-refractivity contribution is 5.95. The smallest absolute Gasteiger partial charge is 0.286 e. The lowest BCUT2D eigenvalue weighted by atomic mass is 9.96. The third-order valence-corrected chi connectivity index (χ3v) is 5.99. The molecule has 3 rings (SSSR count). The van der Waals surface area contributed by atoms with Gasteiger partial charge in [-0.1, -0.05) is 25.7 Å². The monoisotopic (exact) mass is 441 g/mol. The summed E-state index contributed by atoms with van der Waals surface area (Å²) in [5.41, 5.74) is -0.808. The summed E-state index contributed by atoms with van der Waals surface area (Å²) in [7, 11) is 0. The summed E-state index contributed by atoms with van der Waals surface area (Å²) >= 11 is 0. The number of hydrogen-bond acceptors (Lipinski definition) is 4. The number of rotatable bonds is 7. The first kappa shape index (κ1) is 23.1. The lowest BCUT2D eigenvalue weighted by Crippen LogP contribution is -2.47. The van der Waals surface area contributed by atoms with E-state index in [1.54, 1.807) is 0 Å². The minimum absolute atomic E-state index is 0.0480. The average Bonchev–Trinajstić information content (AvgIpc) is 3.43. The number of hydroxylamine groups is 2. The molecule has 2 aliphatic rings. The van der Waals surface area contributed by atoms with Crippen LogP contribution >= 0.6 is 0 Å². The van der Waals surface area contributed by atoms with Gasteiger partial charge in [-0.3, -0.25) is 24.6 Å². The van der Waals surface area contributed by atoms with Crippen molar-refractivity contribution in [3.8, 4) is 0 Å². The molecule has 3 amide bonds. The van der Waals surface area contributed by atoms with E-state index >= 15 is 0 Å². The van der Waals surface area contributed by atoms with Crippen LogP contribution in [0.2, 0.25) is 0 Å². The predicted molar refractivity (Wildman–Crippen MR) is 103 cm³/mol. The molecule has 10 heteroatoms. The molecule has 1 saturated carbocycles. The molecule has 1 aliphatic carbocycles. The van der Waals surface area contributed by atoms with E-state index in [-0.39, 0.29) is 31.5 Å². The molecule has 1 saturated heterocycles. The van der Waals surface area contributed by atoms with Crippen molar-refractivity contribution < 1.29 is 32.8 Å². The highest BCUT2D eigenvalue weighted by atomic mass is 19.4. The first-order valence-electron chi connectivity index (χ1n) is 10.4. The molecule has 0 spiro atoms. The van der Waals surface area contributed by atoms with Crippen LogP contribution in [0.25, 0.3) is 0 Å². The summed E-state index contributed by atoms with van der Waals surface area (Å²) in [6, 6.07) is 3.17. The third kappa shape index (κ3) is 5.55. The maximum atomic E-state index is 12.9. The highest BCUT2D eigenvalue weighted by Gasteiger charge is 2.35. The molecular weight excluding hydrogens is 415 g/mol. The van der Waals surface area contributed by atoms with Crippen LogP contribution in [0.4, 0.5) is 13.2 Å². The Morgan fingerprint density at radius 2 is 1.71 bits per heavy atom. The number of hydrazine groups is 1. The third-order valence-electron chi connectivity index (χ3n) is 5.99. The molecule has 1 N–H and O–H groups in total. The number of carbonyl (C=O) groups is 3. The number of benzene rings is 1. The van der Waals surface area contributed by atoms with Crippen LogP contribution in [0.3, 0.4) is 0 Å². The molecule has 1 heterocycles. The lowest BCUT2D eigenvalue weighted by Gasteiger charge is -2.31. The quantitative estimate of drug-likeness (QED) is 0.399. The summed E-state index contributed by atoms with van der Waals surface area (Å²) in [6.07, 6.45) is 0.812. The lowest BCUT2D eigenvalue weighted by molar-refractivity contribution is -0.166. The fraction of sp³-hybridized carbons (Fsp3) is 0.571. The summed E-state index contributed by atoms with van der Waals surface area (Å²) in [6.45, 7) is 0.545. The van der Waals surface area contributed by atoms with Crippen LogP contribution < -0.4 is 0 Å². The van der Waals surface area contributed by atoms with Crippen molar-refractivity contribution in [3.05, 3.63) is 35.4 Å². The van der Waals surface area contributed by atoms with E-state index in [9.17, 15) is 32.8 Å². The Balaban J connectivity index is 1.68. The van der Waals surface area contributed by atoms with E-state index in [4.69, 9.17) is 0 Å². The Labute approximate surface area is 178 Å². The van der Waals surface area contributed by atoms with Crippen LogP contribution in [-0.4, -0.2) is 57.6 Å². The van der Waals surface area contributed by atoms with Gasteiger partial charge in [0.05, 0.1) is 18.0 Å². The van der Waals surface area contributed by atoms with E-state index in [2.05, 4.69) is 0 Å². The van der Waals surface area contributed by atoms with Gasteiger partial charge >= 0.3 is 6.18 Å². The number of hydrogen-bond donors (Lipinski definition) is 1. The van der Waals surface area contributed by atoms with Gasteiger partial charge in [0.25, 0.3) is 5.91 Å². The molecule has 0 bridgehead atoms. The summed E-state index contributed by atoms with van der Waals surface area (Å²) in [5, 5.41) is 12.9. The standard InChI is InChI=1S/C21H26F3N3O4/c22-21(23,24)17-8-6-16(7-9-17)20(30)26-11-3-10-25(26)19(29)13-18(27(31)14-28)12-15-4-1-2-5-15/h6-9,14-15,18,31H,1-5,10-13H2.